The number of anilines is 1. The molecule has 1 atom stereocenters. The Hall–Kier alpha value is -2.41. The van der Waals surface area contributed by atoms with Gasteiger partial charge in [0.15, 0.2) is 0 Å². The summed E-state index contributed by atoms with van der Waals surface area (Å²) in [7, 11) is 0. The lowest BCUT2D eigenvalue weighted by atomic mass is 10.2. The molecule has 0 fully saturated rings. The Morgan fingerprint density at radius 1 is 1.35 bits per heavy atom. The summed E-state index contributed by atoms with van der Waals surface area (Å²) in [6.07, 6.45) is 2.38. The fraction of sp³-hybridized carbons (Fsp3) is 0.312. The molecule has 6 nitrogen and oxygen atoms in total. The lowest BCUT2D eigenvalue weighted by molar-refractivity contribution is 0.208. The first-order valence-corrected chi connectivity index (χ1v) is 8.30. The Morgan fingerprint density at radius 2 is 2.17 bits per heavy atom. The predicted octanol–water partition coefficient (Wildman–Crippen LogP) is 2.73. The molecule has 0 aliphatic rings. The predicted molar refractivity (Wildman–Crippen MR) is 91.5 cm³/mol. The molecule has 3 aromatic rings. The van der Waals surface area contributed by atoms with E-state index in [1.54, 1.807) is 0 Å². The average Bonchev–Trinajstić information content (AvgIpc) is 2.98. The Labute approximate surface area is 137 Å². The van der Waals surface area contributed by atoms with E-state index in [1.807, 2.05) is 31.2 Å². The fourth-order valence-corrected chi connectivity index (χ4v) is 2.94. The number of benzene rings is 1. The first kappa shape index (κ1) is 15.5. The molecule has 0 spiro atoms. The second kappa shape index (κ2) is 6.78. The van der Waals surface area contributed by atoms with E-state index in [2.05, 4.69) is 22.3 Å². The number of nitrogens with one attached hydrogen (secondary N) is 1. The lowest BCUT2D eigenvalue weighted by Gasteiger charge is -2.19. The number of rotatable bonds is 6. The standard InChI is InChI=1S/C16H18N4O2S/c1-3-12(22-13-7-5-4-6-11(13)2)10-18-15-19-20-14(21)8-9-17-16(20)23-15/h4-9,12H,3,10H2,1-2H3,(H,18,19). The van der Waals surface area contributed by atoms with Crippen LogP contribution < -0.4 is 15.6 Å². The monoisotopic (exact) mass is 330 g/mol. The van der Waals surface area contributed by atoms with Crippen molar-refractivity contribution in [1.82, 2.24) is 14.6 Å². The Bertz CT molecular complexity index is 858. The molecule has 23 heavy (non-hydrogen) atoms. The van der Waals surface area contributed by atoms with Crippen LogP contribution in [0.4, 0.5) is 5.13 Å². The third-order valence-corrected chi connectivity index (χ3v) is 4.37. The molecule has 0 radical (unpaired) electrons. The minimum Gasteiger partial charge on any atom is -0.488 e. The highest BCUT2D eigenvalue weighted by atomic mass is 32.1. The summed E-state index contributed by atoms with van der Waals surface area (Å²) in [6.45, 7) is 4.72. The summed E-state index contributed by atoms with van der Waals surface area (Å²) >= 11 is 1.35. The van der Waals surface area contributed by atoms with Crippen LogP contribution in [-0.4, -0.2) is 27.2 Å². The molecule has 0 saturated carbocycles. The van der Waals surface area contributed by atoms with Crippen molar-refractivity contribution in [2.24, 2.45) is 0 Å². The van der Waals surface area contributed by atoms with Crippen molar-refractivity contribution in [2.45, 2.75) is 26.4 Å². The molecule has 0 bridgehead atoms. The van der Waals surface area contributed by atoms with Gasteiger partial charge in [0.1, 0.15) is 11.9 Å². The second-order valence-corrected chi connectivity index (χ2v) is 6.14. The molecular formula is C16H18N4O2S. The maximum absolute atomic E-state index is 11.7. The summed E-state index contributed by atoms with van der Waals surface area (Å²) in [5.41, 5.74) is 0.934. The van der Waals surface area contributed by atoms with Crippen molar-refractivity contribution in [2.75, 3.05) is 11.9 Å². The van der Waals surface area contributed by atoms with Gasteiger partial charge in [-0.2, -0.15) is 4.52 Å². The van der Waals surface area contributed by atoms with Crippen molar-refractivity contribution >= 4 is 21.4 Å². The molecule has 1 aromatic carbocycles. The number of ether oxygens (including phenoxy) is 1. The molecule has 7 heteroatoms. The highest BCUT2D eigenvalue weighted by Gasteiger charge is 2.12. The van der Waals surface area contributed by atoms with Crippen molar-refractivity contribution < 1.29 is 4.74 Å². The van der Waals surface area contributed by atoms with E-state index in [1.165, 1.54) is 28.1 Å². The molecule has 0 saturated heterocycles. The van der Waals surface area contributed by atoms with Crippen LogP contribution in [0.3, 0.4) is 0 Å². The smallest absolute Gasteiger partial charge is 0.275 e. The maximum Gasteiger partial charge on any atom is 0.275 e. The van der Waals surface area contributed by atoms with Crippen LogP contribution in [0, 0.1) is 6.92 Å². The average molecular weight is 330 g/mol. The zero-order valence-electron chi connectivity index (χ0n) is 13.0. The van der Waals surface area contributed by atoms with Crippen LogP contribution in [0.1, 0.15) is 18.9 Å². The SMILES string of the molecule is CCC(CNc1nn2c(=O)ccnc2s1)Oc1ccccc1C. The molecule has 2 heterocycles. The first-order valence-electron chi connectivity index (χ1n) is 7.48. The molecule has 0 amide bonds. The maximum atomic E-state index is 11.7. The van der Waals surface area contributed by atoms with E-state index in [0.717, 1.165) is 17.7 Å². The molecule has 1 unspecified atom stereocenters. The highest BCUT2D eigenvalue weighted by Crippen LogP contribution is 2.20. The highest BCUT2D eigenvalue weighted by molar-refractivity contribution is 7.20. The lowest BCUT2D eigenvalue weighted by Crippen LogP contribution is -2.25. The summed E-state index contributed by atoms with van der Waals surface area (Å²) in [5, 5.41) is 8.13. The van der Waals surface area contributed by atoms with Gasteiger partial charge >= 0.3 is 0 Å². The van der Waals surface area contributed by atoms with Gasteiger partial charge in [-0.15, -0.1) is 5.10 Å². The zero-order valence-corrected chi connectivity index (χ0v) is 13.8. The number of para-hydroxylation sites is 1. The van der Waals surface area contributed by atoms with Crippen molar-refractivity contribution in [3.8, 4) is 5.75 Å². The largest absolute Gasteiger partial charge is 0.488 e. The Morgan fingerprint density at radius 3 is 2.91 bits per heavy atom. The van der Waals surface area contributed by atoms with Gasteiger partial charge in [0.05, 0.1) is 6.54 Å². The summed E-state index contributed by atoms with van der Waals surface area (Å²) in [6, 6.07) is 9.36. The summed E-state index contributed by atoms with van der Waals surface area (Å²) in [5.74, 6) is 0.892. The van der Waals surface area contributed by atoms with E-state index < -0.39 is 0 Å². The van der Waals surface area contributed by atoms with Crippen LogP contribution in [0.25, 0.3) is 4.96 Å². The fourth-order valence-electron chi connectivity index (χ4n) is 2.15. The van der Waals surface area contributed by atoms with Crippen molar-refractivity contribution in [3.63, 3.8) is 0 Å². The molecule has 0 aliphatic carbocycles. The van der Waals surface area contributed by atoms with Gasteiger partial charge in [-0.1, -0.05) is 36.5 Å². The number of aryl methyl sites for hydroxylation is 1. The van der Waals surface area contributed by atoms with Crippen LogP contribution in [0.5, 0.6) is 5.75 Å². The molecule has 1 N–H and O–H groups in total. The van der Waals surface area contributed by atoms with E-state index in [4.69, 9.17) is 4.74 Å². The third-order valence-electron chi connectivity index (χ3n) is 3.49. The van der Waals surface area contributed by atoms with E-state index in [9.17, 15) is 4.79 Å². The van der Waals surface area contributed by atoms with Crippen LogP contribution >= 0.6 is 11.3 Å². The molecular weight excluding hydrogens is 312 g/mol. The summed E-state index contributed by atoms with van der Waals surface area (Å²) in [4.78, 5) is 16.4. The van der Waals surface area contributed by atoms with Gasteiger partial charge in [0, 0.05) is 12.3 Å². The number of nitrogens with zero attached hydrogens (tertiary/aromatic N) is 3. The van der Waals surface area contributed by atoms with Crippen LogP contribution in [0.15, 0.2) is 41.3 Å². The quantitative estimate of drug-likeness (QED) is 0.752. The number of hydrogen-bond acceptors (Lipinski definition) is 6. The van der Waals surface area contributed by atoms with Crippen LogP contribution in [0.2, 0.25) is 0 Å². The van der Waals surface area contributed by atoms with E-state index in [-0.39, 0.29) is 11.7 Å². The van der Waals surface area contributed by atoms with E-state index in [0.29, 0.717) is 16.6 Å². The minimum absolute atomic E-state index is 0.0211. The van der Waals surface area contributed by atoms with Gasteiger partial charge in [-0.3, -0.25) is 4.79 Å². The number of aromatic nitrogens is 3. The molecule has 120 valence electrons. The van der Waals surface area contributed by atoms with Gasteiger partial charge < -0.3 is 10.1 Å². The Balaban J connectivity index is 1.68. The van der Waals surface area contributed by atoms with Crippen molar-refractivity contribution in [1.29, 1.82) is 0 Å². The topological polar surface area (TPSA) is 68.5 Å². The van der Waals surface area contributed by atoms with Gasteiger partial charge in [-0.05, 0) is 25.0 Å². The third kappa shape index (κ3) is 3.50. The van der Waals surface area contributed by atoms with Gasteiger partial charge in [-0.25, -0.2) is 4.98 Å². The van der Waals surface area contributed by atoms with Gasteiger partial charge in [0.25, 0.3) is 5.56 Å². The molecule has 0 aliphatic heterocycles. The Kier molecular flexibility index (Phi) is 4.57. The summed E-state index contributed by atoms with van der Waals surface area (Å²) < 4.78 is 7.35. The molecule has 2 aromatic heterocycles. The zero-order chi connectivity index (χ0) is 16.2. The molecule has 3 rings (SSSR count). The second-order valence-electron chi connectivity index (χ2n) is 5.18. The minimum atomic E-state index is -0.178. The van der Waals surface area contributed by atoms with Crippen molar-refractivity contribution in [3.05, 3.63) is 52.4 Å². The first-order chi connectivity index (χ1) is 11.2. The van der Waals surface area contributed by atoms with E-state index >= 15 is 0 Å². The normalized spacial score (nSPS) is 12.3. The number of fused-ring (bicyclic) bond motifs is 1. The van der Waals surface area contributed by atoms with Crippen LogP contribution in [-0.2, 0) is 0 Å². The van der Waals surface area contributed by atoms with Gasteiger partial charge in [0.2, 0.25) is 10.1 Å². The number of hydrogen-bond donors (Lipinski definition) is 1.